The van der Waals surface area contributed by atoms with Gasteiger partial charge < -0.3 is 14.8 Å². The fourth-order valence-corrected chi connectivity index (χ4v) is 3.99. The van der Waals surface area contributed by atoms with Gasteiger partial charge in [-0.1, -0.05) is 6.07 Å². The molecule has 0 amide bonds. The topological polar surface area (TPSA) is 48.3 Å². The summed E-state index contributed by atoms with van der Waals surface area (Å²) in [6, 6.07) is 9.15. The first kappa shape index (κ1) is 15.7. The number of ether oxygens (including phenoxy) is 2. The SMILES string of the molecule is COc1ccc([C@@H](C)N[C@H]2C[C@H]3CC[C@H]2O3)cc1Cn1cccn1. The van der Waals surface area contributed by atoms with E-state index in [0.29, 0.717) is 30.8 Å². The third-order valence-corrected chi connectivity index (χ3v) is 5.27. The number of aromatic nitrogens is 2. The van der Waals surface area contributed by atoms with Crippen molar-refractivity contribution in [2.45, 2.75) is 57.0 Å². The Kier molecular flexibility index (Phi) is 4.29. The normalized spacial score (nSPS) is 26.7. The van der Waals surface area contributed by atoms with Crippen molar-refractivity contribution in [2.24, 2.45) is 0 Å². The number of hydrogen-bond donors (Lipinski definition) is 1. The Morgan fingerprint density at radius 1 is 1.42 bits per heavy atom. The van der Waals surface area contributed by atoms with Crippen molar-refractivity contribution in [3.63, 3.8) is 0 Å². The molecule has 4 rings (SSSR count). The highest BCUT2D eigenvalue weighted by molar-refractivity contribution is 5.38. The summed E-state index contributed by atoms with van der Waals surface area (Å²) >= 11 is 0. The molecule has 2 fully saturated rings. The van der Waals surface area contributed by atoms with Crippen LogP contribution in [0.2, 0.25) is 0 Å². The van der Waals surface area contributed by atoms with Gasteiger partial charge in [-0.3, -0.25) is 4.68 Å². The zero-order chi connectivity index (χ0) is 16.5. The molecule has 1 aromatic heterocycles. The van der Waals surface area contributed by atoms with Crippen molar-refractivity contribution in [3.05, 3.63) is 47.8 Å². The minimum Gasteiger partial charge on any atom is -0.496 e. The Labute approximate surface area is 143 Å². The lowest BCUT2D eigenvalue weighted by Gasteiger charge is -2.25. The highest BCUT2D eigenvalue weighted by Gasteiger charge is 2.41. The molecule has 0 aliphatic carbocycles. The van der Waals surface area contributed by atoms with E-state index < -0.39 is 0 Å². The van der Waals surface area contributed by atoms with Gasteiger partial charge in [0.05, 0.1) is 25.9 Å². The summed E-state index contributed by atoms with van der Waals surface area (Å²) in [7, 11) is 1.72. The maximum Gasteiger partial charge on any atom is 0.123 e. The lowest BCUT2D eigenvalue weighted by atomic mass is 9.94. The maximum absolute atomic E-state index is 5.96. The minimum atomic E-state index is 0.292. The molecule has 4 atom stereocenters. The third kappa shape index (κ3) is 3.06. The van der Waals surface area contributed by atoms with Crippen LogP contribution >= 0.6 is 0 Å². The second kappa shape index (κ2) is 6.57. The van der Waals surface area contributed by atoms with Gasteiger partial charge in [-0.2, -0.15) is 5.10 Å². The molecular formula is C19H25N3O2. The molecule has 3 heterocycles. The zero-order valence-corrected chi connectivity index (χ0v) is 14.3. The van der Waals surface area contributed by atoms with E-state index in [2.05, 4.69) is 35.5 Å². The van der Waals surface area contributed by atoms with Gasteiger partial charge in [0.25, 0.3) is 0 Å². The summed E-state index contributed by atoms with van der Waals surface area (Å²) in [6.45, 7) is 2.94. The molecular weight excluding hydrogens is 302 g/mol. The second-order valence-electron chi connectivity index (χ2n) is 6.88. The van der Waals surface area contributed by atoms with E-state index in [4.69, 9.17) is 9.47 Å². The lowest BCUT2D eigenvalue weighted by Crippen LogP contribution is -2.39. The average molecular weight is 327 g/mol. The van der Waals surface area contributed by atoms with E-state index in [1.165, 1.54) is 18.4 Å². The molecule has 0 spiro atoms. The van der Waals surface area contributed by atoms with Gasteiger partial charge in [-0.15, -0.1) is 0 Å². The standard InChI is InChI=1S/C19H25N3O2/c1-13(21-17-11-16-5-7-19(17)24-16)14-4-6-18(23-2)15(10-14)12-22-9-3-8-20-22/h3-4,6,8-10,13,16-17,19,21H,5,7,11-12H2,1-2H3/t13-,16-,17+,19-/m1/s1. The molecule has 2 aliphatic heterocycles. The van der Waals surface area contributed by atoms with Crippen molar-refractivity contribution < 1.29 is 9.47 Å². The van der Waals surface area contributed by atoms with Crippen LogP contribution in [0.3, 0.4) is 0 Å². The van der Waals surface area contributed by atoms with E-state index in [9.17, 15) is 0 Å². The van der Waals surface area contributed by atoms with Gasteiger partial charge >= 0.3 is 0 Å². The molecule has 24 heavy (non-hydrogen) atoms. The van der Waals surface area contributed by atoms with Crippen molar-refractivity contribution in [1.82, 2.24) is 15.1 Å². The second-order valence-corrected chi connectivity index (χ2v) is 6.88. The molecule has 1 N–H and O–H groups in total. The van der Waals surface area contributed by atoms with Crippen LogP contribution in [0.15, 0.2) is 36.7 Å². The smallest absolute Gasteiger partial charge is 0.123 e. The highest BCUT2D eigenvalue weighted by atomic mass is 16.5. The van der Waals surface area contributed by atoms with Crippen molar-refractivity contribution in [3.8, 4) is 5.75 Å². The van der Waals surface area contributed by atoms with Crippen LogP contribution in [0.1, 0.15) is 43.4 Å². The van der Waals surface area contributed by atoms with E-state index in [1.807, 2.05) is 16.9 Å². The van der Waals surface area contributed by atoms with Gasteiger partial charge in [0.2, 0.25) is 0 Å². The van der Waals surface area contributed by atoms with Gasteiger partial charge in [0.15, 0.2) is 0 Å². The summed E-state index contributed by atoms with van der Waals surface area (Å²) in [4.78, 5) is 0. The Morgan fingerprint density at radius 2 is 2.33 bits per heavy atom. The van der Waals surface area contributed by atoms with E-state index >= 15 is 0 Å². The number of hydrogen-bond acceptors (Lipinski definition) is 4. The fraction of sp³-hybridized carbons (Fsp3) is 0.526. The van der Waals surface area contributed by atoms with Crippen molar-refractivity contribution >= 4 is 0 Å². The summed E-state index contributed by atoms with van der Waals surface area (Å²) in [5.74, 6) is 0.907. The molecule has 5 nitrogen and oxygen atoms in total. The molecule has 2 bridgehead atoms. The number of methoxy groups -OCH3 is 1. The van der Waals surface area contributed by atoms with Crippen LogP contribution < -0.4 is 10.1 Å². The maximum atomic E-state index is 5.96. The predicted octanol–water partition coefficient (Wildman–Crippen LogP) is 2.91. The van der Waals surface area contributed by atoms with Crippen LogP contribution in [0.25, 0.3) is 0 Å². The quantitative estimate of drug-likeness (QED) is 0.886. The third-order valence-electron chi connectivity index (χ3n) is 5.27. The van der Waals surface area contributed by atoms with E-state index in [-0.39, 0.29) is 0 Å². The molecule has 2 saturated heterocycles. The average Bonchev–Trinajstić information content (AvgIpc) is 3.33. The number of rotatable bonds is 6. The molecule has 1 aromatic carbocycles. The Hall–Kier alpha value is -1.85. The predicted molar refractivity (Wildman–Crippen MR) is 92.2 cm³/mol. The first-order valence-electron chi connectivity index (χ1n) is 8.78. The summed E-state index contributed by atoms with van der Waals surface area (Å²) in [6.07, 6.45) is 8.22. The number of nitrogens with one attached hydrogen (secondary N) is 1. The van der Waals surface area contributed by atoms with Gasteiger partial charge in [-0.05, 0) is 49.9 Å². The van der Waals surface area contributed by atoms with E-state index in [0.717, 1.165) is 17.7 Å². The number of nitrogens with zero attached hydrogens (tertiary/aromatic N) is 2. The summed E-state index contributed by atoms with van der Waals surface area (Å²) < 4.78 is 13.4. The number of fused-ring (bicyclic) bond motifs is 2. The Balaban J connectivity index is 1.49. The Morgan fingerprint density at radius 3 is 3.00 bits per heavy atom. The molecule has 2 aromatic rings. The minimum absolute atomic E-state index is 0.292. The first-order chi connectivity index (χ1) is 11.7. The van der Waals surface area contributed by atoms with E-state index in [1.54, 1.807) is 13.3 Å². The van der Waals surface area contributed by atoms with Crippen LogP contribution in [-0.2, 0) is 11.3 Å². The van der Waals surface area contributed by atoms with Crippen LogP contribution in [0.4, 0.5) is 0 Å². The Bertz CT molecular complexity index is 686. The molecule has 128 valence electrons. The molecule has 0 unspecified atom stereocenters. The zero-order valence-electron chi connectivity index (χ0n) is 14.3. The van der Waals surface area contributed by atoms with Gasteiger partial charge in [-0.25, -0.2) is 0 Å². The number of benzene rings is 1. The van der Waals surface area contributed by atoms with Gasteiger partial charge in [0, 0.05) is 30.0 Å². The monoisotopic (exact) mass is 327 g/mol. The molecule has 5 heteroatoms. The van der Waals surface area contributed by atoms with Crippen LogP contribution in [0.5, 0.6) is 5.75 Å². The van der Waals surface area contributed by atoms with Crippen LogP contribution in [-0.4, -0.2) is 35.1 Å². The largest absolute Gasteiger partial charge is 0.496 e. The van der Waals surface area contributed by atoms with Crippen molar-refractivity contribution in [1.29, 1.82) is 0 Å². The molecule has 2 aliphatic rings. The molecule has 0 radical (unpaired) electrons. The fourth-order valence-electron chi connectivity index (χ4n) is 3.99. The molecule has 0 saturated carbocycles. The van der Waals surface area contributed by atoms with Crippen LogP contribution in [0, 0.1) is 0 Å². The summed E-state index contributed by atoms with van der Waals surface area (Å²) in [5, 5.41) is 8.06. The van der Waals surface area contributed by atoms with Crippen molar-refractivity contribution in [2.75, 3.05) is 7.11 Å². The first-order valence-corrected chi connectivity index (χ1v) is 8.78. The van der Waals surface area contributed by atoms with Gasteiger partial charge in [0.1, 0.15) is 5.75 Å². The lowest BCUT2D eigenvalue weighted by molar-refractivity contribution is 0.0962. The highest BCUT2D eigenvalue weighted by Crippen LogP contribution is 2.35. The summed E-state index contributed by atoms with van der Waals surface area (Å²) in [5.41, 5.74) is 2.43.